The number of nitrogens with zero attached hydrogens (tertiary/aromatic N) is 4. The van der Waals surface area contributed by atoms with Crippen LogP contribution in [-0.2, 0) is 0 Å². The first-order valence-electron chi connectivity index (χ1n) is 19.3. The molecule has 274 valence electrons. The van der Waals surface area contributed by atoms with Crippen LogP contribution in [0.2, 0.25) is 0 Å². The second-order valence-electron chi connectivity index (χ2n) is 14.4. The van der Waals surface area contributed by atoms with Crippen molar-refractivity contribution in [2.24, 2.45) is 0 Å². The summed E-state index contributed by atoms with van der Waals surface area (Å²) >= 11 is 3.69. The van der Waals surface area contributed by atoms with E-state index in [4.69, 9.17) is 15.0 Å². The van der Waals surface area contributed by atoms with E-state index in [2.05, 4.69) is 121 Å². The van der Waals surface area contributed by atoms with E-state index in [0.717, 1.165) is 16.7 Å². The summed E-state index contributed by atoms with van der Waals surface area (Å²) in [6.07, 6.45) is 6.05. The van der Waals surface area contributed by atoms with Crippen LogP contribution in [0.25, 0.3) is 108 Å². The summed E-state index contributed by atoms with van der Waals surface area (Å²) in [7, 11) is 0. The SMILES string of the molecule is C=C/C=C\c1c(C)n(-c2cccc3sc4cccc(-c5ccc6c(c5)sc5ccc(-c7nc(-c8ccccc8)nc(-c8ccccc8)n7)cc56)c4c23)c2ccccc12. The number of hydrogen-bond donors (Lipinski definition) is 0. The van der Waals surface area contributed by atoms with Crippen molar-refractivity contribution in [3.8, 4) is 51.0 Å². The van der Waals surface area contributed by atoms with Gasteiger partial charge in [-0.05, 0) is 66.6 Å². The normalized spacial score (nSPS) is 11.9. The number of aromatic nitrogens is 4. The third kappa shape index (κ3) is 5.60. The van der Waals surface area contributed by atoms with E-state index in [0.29, 0.717) is 17.5 Å². The maximum Gasteiger partial charge on any atom is 0.164 e. The maximum atomic E-state index is 5.01. The summed E-state index contributed by atoms with van der Waals surface area (Å²) in [6, 6.07) is 56.0. The largest absolute Gasteiger partial charge is 0.313 e. The Morgan fingerprint density at radius 3 is 1.88 bits per heavy atom. The van der Waals surface area contributed by atoms with Crippen molar-refractivity contribution in [3.63, 3.8) is 0 Å². The number of allylic oxidation sites excluding steroid dienone is 2. The molecule has 0 saturated heterocycles. The Labute approximate surface area is 343 Å². The first-order chi connectivity index (χ1) is 28.6. The van der Waals surface area contributed by atoms with Crippen LogP contribution in [0, 0.1) is 6.92 Å². The molecule has 0 N–H and O–H groups in total. The molecule has 0 radical (unpaired) electrons. The third-order valence-electron chi connectivity index (χ3n) is 11.0. The van der Waals surface area contributed by atoms with Crippen LogP contribution in [0.3, 0.4) is 0 Å². The van der Waals surface area contributed by atoms with E-state index in [9.17, 15) is 0 Å². The van der Waals surface area contributed by atoms with E-state index >= 15 is 0 Å². The van der Waals surface area contributed by atoms with Gasteiger partial charge in [0.25, 0.3) is 0 Å². The highest BCUT2D eigenvalue weighted by Crippen LogP contribution is 2.46. The molecule has 7 aromatic carbocycles. The molecule has 0 amide bonds. The Bertz CT molecular complexity index is 3370. The van der Waals surface area contributed by atoms with Gasteiger partial charge in [0.15, 0.2) is 17.5 Å². The Kier molecular flexibility index (Phi) is 8.21. The van der Waals surface area contributed by atoms with Gasteiger partial charge in [-0.1, -0.05) is 134 Å². The lowest BCUT2D eigenvalue weighted by molar-refractivity contribution is 1.06. The standard InChI is InChI=1S/C52H34N4S2/c1-3-4-19-37-32(2)56(42-22-12-11-20-39(37)42)43-23-14-25-46-49(43)48-38(21-13-24-45(48)58-46)35-26-28-40-41-30-36(27-29-44(41)57-47(40)31-35)52-54-50(33-15-7-5-8-16-33)53-51(55-52)34-17-9-6-10-18-34/h3-31H,1H2,2H3/b19-4-. The molecule has 11 aromatic rings. The van der Waals surface area contributed by atoms with Crippen molar-refractivity contribution in [2.45, 2.75) is 6.92 Å². The van der Waals surface area contributed by atoms with Gasteiger partial charge >= 0.3 is 0 Å². The summed E-state index contributed by atoms with van der Waals surface area (Å²) in [4.78, 5) is 14.9. The fraction of sp³-hybridized carbons (Fsp3) is 0.0192. The van der Waals surface area contributed by atoms with Gasteiger partial charge < -0.3 is 4.57 Å². The Morgan fingerprint density at radius 1 is 0.500 bits per heavy atom. The van der Waals surface area contributed by atoms with Crippen molar-refractivity contribution < 1.29 is 0 Å². The minimum absolute atomic E-state index is 0.659. The van der Waals surface area contributed by atoms with Gasteiger partial charge in [-0.2, -0.15) is 0 Å². The van der Waals surface area contributed by atoms with Crippen LogP contribution >= 0.6 is 22.7 Å². The first kappa shape index (κ1) is 34.3. The fourth-order valence-electron chi connectivity index (χ4n) is 8.37. The Morgan fingerprint density at radius 2 is 1.14 bits per heavy atom. The average Bonchev–Trinajstić information content (AvgIpc) is 3.94. The molecule has 4 aromatic heterocycles. The lowest BCUT2D eigenvalue weighted by Gasteiger charge is -2.13. The van der Waals surface area contributed by atoms with E-state index in [1.807, 2.05) is 95.5 Å². The Balaban J connectivity index is 1.06. The zero-order chi connectivity index (χ0) is 38.7. The minimum Gasteiger partial charge on any atom is -0.313 e. The number of para-hydroxylation sites is 1. The number of benzene rings is 7. The number of fused-ring (bicyclic) bond motifs is 7. The summed E-state index contributed by atoms with van der Waals surface area (Å²) in [5, 5.41) is 6.23. The van der Waals surface area contributed by atoms with Crippen molar-refractivity contribution in [1.82, 2.24) is 19.5 Å². The predicted molar refractivity (Wildman–Crippen MR) is 248 cm³/mol. The summed E-state index contributed by atoms with van der Waals surface area (Å²) < 4.78 is 7.48. The molecule has 4 nitrogen and oxygen atoms in total. The molecule has 0 aliphatic heterocycles. The quantitative estimate of drug-likeness (QED) is 0.151. The average molecular weight is 779 g/mol. The van der Waals surface area contributed by atoms with Gasteiger partial charge in [0, 0.05) is 73.7 Å². The van der Waals surface area contributed by atoms with Crippen LogP contribution in [0.1, 0.15) is 11.3 Å². The predicted octanol–water partition coefficient (Wildman–Crippen LogP) is 14.7. The van der Waals surface area contributed by atoms with Crippen LogP contribution in [0.5, 0.6) is 0 Å². The molecule has 0 fully saturated rings. The molecular weight excluding hydrogens is 745 g/mol. The molecule has 0 aliphatic carbocycles. The monoisotopic (exact) mass is 778 g/mol. The zero-order valence-electron chi connectivity index (χ0n) is 31.6. The molecule has 0 unspecified atom stereocenters. The smallest absolute Gasteiger partial charge is 0.164 e. The molecule has 0 spiro atoms. The third-order valence-corrected chi connectivity index (χ3v) is 13.3. The van der Waals surface area contributed by atoms with Crippen LogP contribution in [-0.4, -0.2) is 19.5 Å². The van der Waals surface area contributed by atoms with E-state index in [1.54, 1.807) is 0 Å². The van der Waals surface area contributed by atoms with E-state index < -0.39 is 0 Å². The van der Waals surface area contributed by atoms with Crippen LogP contribution in [0.15, 0.2) is 176 Å². The van der Waals surface area contributed by atoms with Gasteiger partial charge in [0.2, 0.25) is 0 Å². The summed E-state index contributed by atoms with van der Waals surface area (Å²) in [5.41, 5.74) is 10.2. The van der Waals surface area contributed by atoms with Gasteiger partial charge in [-0.3, -0.25) is 0 Å². The van der Waals surface area contributed by atoms with E-state index in [1.165, 1.54) is 79.3 Å². The molecule has 6 heteroatoms. The number of hydrogen-bond acceptors (Lipinski definition) is 5. The maximum absolute atomic E-state index is 5.01. The minimum atomic E-state index is 0.659. The van der Waals surface area contributed by atoms with Gasteiger partial charge in [-0.15, -0.1) is 22.7 Å². The van der Waals surface area contributed by atoms with Gasteiger partial charge in [0.1, 0.15) is 0 Å². The van der Waals surface area contributed by atoms with Gasteiger partial charge in [0.05, 0.1) is 11.2 Å². The van der Waals surface area contributed by atoms with Crippen molar-refractivity contribution in [1.29, 1.82) is 0 Å². The fourth-order valence-corrected chi connectivity index (χ4v) is 10.7. The molecule has 11 rings (SSSR count). The molecule has 0 atom stereocenters. The lowest BCUT2D eigenvalue weighted by Crippen LogP contribution is -2.00. The molecule has 58 heavy (non-hydrogen) atoms. The molecule has 0 bridgehead atoms. The van der Waals surface area contributed by atoms with Crippen molar-refractivity contribution in [2.75, 3.05) is 0 Å². The van der Waals surface area contributed by atoms with Crippen molar-refractivity contribution in [3.05, 3.63) is 188 Å². The first-order valence-corrected chi connectivity index (χ1v) is 20.9. The number of rotatable bonds is 7. The number of thiophene rings is 2. The van der Waals surface area contributed by atoms with Crippen LogP contribution in [0.4, 0.5) is 0 Å². The zero-order valence-corrected chi connectivity index (χ0v) is 33.2. The lowest BCUT2D eigenvalue weighted by atomic mass is 9.97. The second-order valence-corrected chi connectivity index (χ2v) is 16.6. The highest BCUT2D eigenvalue weighted by molar-refractivity contribution is 7.26. The molecular formula is C52H34N4S2. The van der Waals surface area contributed by atoms with Gasteiger partial charge in [-0.25, -0.2) is 15.0 Å². The topological polar surface area (TPSA) is 43.6 Å². The highest BCUT2D eigenvalue weighted by atomic mass is 32.1. The van der Waals surface area contributed by atoms with E-state index in [-0.39, 0.29) is 0 Å². The Hall–Kier alpha value is -6.99. The molecule has 0 saturated carbocycles. The molecule has 0 aliphatic rings. The summed E-state index contributed by atoms with van der Waals surface area (Å²) in [6.45, 7) is 6.16. The summed E-state index contributed by atoms with van der Waals surface area (Å²) in [5.74, 6) is 1.98. The molecule has 4 heterocycles. The second kappa shape index (κ2) is 13.9. The van der Waals surface area contributed by atoms with Crippen LogP contribution < -0.4 is 0 Å². The highest BCUT2D eigenvalue weighted by Gasteiger charge is 2.20. The van der Waals surface area contributed by atoms with Crippen molar-refractivity contribution >= 4 is 80.0 Å².